The highest BCUT2D eigenvalue weighted by atomic mass is 16.2. The lowest BCUT2D eigenvalue weighted by Crippen LogP contribution is -2.27. The number of nitrogens with one attached hydrogen (secondary N) is 1. The van der Waals surface area contributed by atoms with Crippen LogP contribution in [0.3, 0.4) is 0 Å². The molecule has 1 saturated carbocycles. The van der Waals surface area contributed by atoms with E-state index in [0.717, 1.165) is 18.1 Å². The first-order valence-electron chi connectivity index (χ1n) is 6.49. The third-order valence-electron chi connectivity index (χ3n) is 3.77. The average Bonchev–Trinajstić information content (AvgIpc) is 2.75. The molecule has 0 aliphatic heterocycles. The molecule has 0 aromatic carbocycles. The Hall–Kier alpha value is -1.39. The third kappa shape index (κ3) is 2.40. The molecule has 5 heteroatoms. The number of carbonyl (C=O) groups excluding carboxylic acids is 1. The van der Waals surface area contributed by atoms with Crippen LogP contribution in [0, 0.1) is 11.3 Å². The van der Waals surface area contributed by atoms with Gasteiger partial charge in [-0.2, -0.15) is 0 Å². The molecule has 1 atom stereocenters. The smallest absolute Gasteiger partial charge is 0.224 e. The summed E-state index contributed by atoms with van der Waals surface area (Å²) in [7, 11) is 1.94. The monoisotopic (exact) mass is 250 g/mol. The maximum Gasteiger partial charge on any atom is 0.224 e. The van der Waals surface area contributed by atoms with Crippen molar-refractivity contribution in [2.45, 2.75) is 46.6 Å². The normalized spacial score (nSPS) is 21.1. The van der Waals surface area contributed by atoms with Gasteiger partial charge in [-0.1, -0.05) is 27.7 Å². The van der Waals surface area contributed by atoms with Crippen molar-refractivity contribution in [2.75, 3.05) is 0 Å². The molecule has 1 aliphatic carbocycles. The summed E-state index contributed by atoms with van der Waals surface area (Å²) in [6.07, 6.45) is 0.981. The van der Waals surface area contributed by atoms with Gasteiger partial charge in [0.25, 0.3) is 0 Å². The van der Waals surface area contributed by atoms with Gasteiger partial charge in [-0.05, 0) is 11.8 Å². The minimum Gasteiger partial charge on any atom is -0.349 e. The minimum atomic E-state index is 0.133. The zero-order valence-electron chi connectivity index (χ0n) is 11.8. The predicted octanol–water partition coefficient (Wildman–Crippen LogP) is 1.60. The van der Waals surface area contributed by atoms with Crippen LogP contribution in [-0.4, -0.2) is 20.7 Å². The third-order valence-corrected chi connectivity index (χ3v) is 3.77. The number of rotatable bonds is 4. The molecule has 1 amide bonds. The topological polar surface area (TPSA) is 59.8 Å². The largest absolute Gasteiger partial charge is 0.349 e. The van der Waals surface area contributed by atoms with E-state index in [-0.39, 0.29) is 17.2 Å². The van der Waals surface area contributed by atoms with Crippen molar-refractivity contribution in [3.8, 4) is 0 Å². The lowest BCUT2D eigenvalue weighted by molar-refractivity contribution is -0.123. The van der Waals surface area contributed by atoms with Crippen LogP contribution in [0.5, 0.6) is 0 Å². The summed E-state index contributed by atoms with van der Waals surface area (Å²) < 4.78 is 1.96. The van der Waals surface area contributed by atoms with Gasteiger partial charge >= 0.3 is 0 Å². The molecule has 2 rings (SSSR count). The van der Waals surface area contributed by atoms with Gasteiger partial charge in [-0.3, -0.25) is 4.79 Å². The molecular formula is C13H22N4O. The molecule has 1 aromatic rings. The Morgan fingerprint density at radius 2 is 2.11 bits per heavy atom. The molecule has 100 valence electrons. The molecule has 0 spiro atoms. The van der Waals surface area contributed by atoms with Crippen molar-refractivity contribution in [2.24, 2.45) is 18.4 Å². The van der Waals surface area contributed by atoms with Crippen LogP contribution >= 0.6 is 0 Å². The maximum absolute atomic E-state index is 11.9. The van der Waals surface area contributed by atoms with E-state index in [9.17, 15) is 4.79 Å². The number of hydrogen-bond donors (Lipinski definition) is 1. The molecule has 0 radical (unpaired) electrons. The Morgan fingerprint density at radius 1 is 1.50 bits per heavy atom. The highest BCUT2D eigenvalue weighted by molar-refractivity contribution is 5.82. The van der Waals surface area contributed by atoms with E-state index in [0.29, 0.717) is 12.5 Å². The van der Waals surface area contributed by atoms with Crippen molar-refractivity contribution < 1.29 is 4.79 Å². The lowest BCUT2D eigenvalue weighted by Gasteiger charge is -2.08. The fourth-order valence-corrected chi connectivity index (χ4v) is 2.24. The van der Waals surface area contributed by atoms with E-state index in [1.165, 1.54) is 0 Å². The summed E-state index contributed by atoms with van der Waals surface area (Å²) in [6.45, 7) is 8.87. The SMILES string of the molecule is CC(C)c1nnc(CNC(=O)[C@H]2CC2(C)C)n1C. The molecule has 1 fully saturated rings. The summed E-state index contributed by atoms with van der Waals surface area (Å²) >= 11 is 0. The standard InChI is InChI=1S/C13H22N4O/c1-8(2)11-16-15-10(17(11)5)7-14-12(18)9-6-13(9,3)4/h8-9H,6-7H2,1-5H3,(H,14,18)/t9-/m1/s1. The lowest BCUT2D eigenvalue weighted by atomic mass is 10.1. The molecule has 1 heterocycles. The summed E-state index contributed by atoms with van der Waals surface area (Å²) in [5, 5.41) is 11.2. The fourth-order valence-electron chi connectivity index (χ4n) is 2.24. The Kier molecular flexibility index (Phi) is 3.17. The Labute approximate surface area is 108 Å². The number of nitrogens with zero attached hydrogens (tertiary/aromatic N) is 3. The van der Waals surface area contributed by atoms with Gasteiger partial charge in [0, 0.05) is 18.9 Å². The van der Waals surface area contributed by atoms with Crippen LogP contribution in [0.4, 0.5) is 0 Å². The van der Waals surface area contributed by atoms with E-state index in [2.05, 4.69) is 43.2 Å². The Bertz CT molecular complexity index is 462. The minimum absolute atomic E-state index is 0.133. The molecule has 5 nitrogen and oxygen atoms in total. The number of hydrogen-bond acceptors (Lipinski definition) is 3. The quantitative estimate of drug-likeness (QED) is 0.883. The first kappa shape index (κ1) is 13.1. The van der Waals surface area contributed by atoms with Gasteiger partial charge in [0.1, 0.15) is 5.82 Å². The highest BCUT2D eigenvalue weighted by Crippen LogP contribution is 2.51. The second-order valence-electron chi connectivity index (χ2n) is 6.15. The van der Waals surface area contributed by atoms with Crippen molar-refractivity contribution >= 4 is 5.91 Å². The zero-order chi connectivity index (χ0) is 13.5. The Balaban J connectivity index is 1.93. The molecular weight excluding hydrogens is 228 g/mol. The Morgan fingerprint density at radius 3 is 2.56 bits per heavy atom. The highest BCUT2D eigenvalue weighted by Gasteiger charge is 2.50. The number of aromatic nitrogens is 3. The fraction of sp³-hybridized carbons (Fsp3) is 0.769. The van der Waals surface area contributed by atoms with Crippen LogP contribution in [0.15, 0.2) is 0 Å². The predicted molar refractivity (Wildman–Crippen MR) is 68.8 cm³/mol. The van der Waals surface area contributed by atoms with Crippen molar-refractivity contribution in [1.29, 1.82) is 0 Å². The van der Waals surface area contributed by atoms with Gasteiger partial charge in [-0.25, -0.2) is 0 Å². The van der Waals surface area contributed by atoms with Crippen LogP contribution in [0.25, 0.3) is 0 Å². The van der Waals surface area contributed by atoms with Gasteiger partial charge in [0.05, 0.1) is 6.54 Å². The van der Waals surface area contributed by atoms with E-state index < -0.39 is 0 Å². The molecule has 0 saturated heterocycles. The maximum atomic E-state index is 11.9. The number of carbonyl (C=O) groups is 1. The number of amides is 1. The van der Waals surface area contributed by atoms with E-state index in [1.54, 1.807) is 0 Å². The molecule has 1 aromatic heterocycles. The summed E-state index contributed by atoms with van der Waals surface area (Å²) in [5.74, 6) is 2.40. The van der Waals surface area contributed by atoms with E-state index >= 15 is 0 Å². The molecule has 0 bridgehead atoms. The van der Waals surface area contributed by atoms with Crippen molar-refractivity contribution in [1.82, 2.24) is 20.1 Å². The first-order valence-corrected chi connectivity index (χ1v) is 6.49. The van der Waals surface area contributed by atoms with Gasteiger partial charge < -0.3 is 9.88 Å². The van der Waals surface area contributed by atoms with E-state index in [4.69, 9.17) is 0 Å². The molecule has 0 unspecified atom stereocenters. The molecule has 1 N–H and O–H groups in total. The van der Waals surface area contributed by atoms with Gasteiger partial charge in [0.2, 0.25) is 5.91 Å². The summed E-state index contributed by atoms with van der Waals surface area (Å²) in [4.78, 5) is 11.9. The zero-order valence-corrected chi connectivity index (χ0v) is 11.8. The van der Waals surface area contributed by atoms with E-state index in [1.807, 2.05) is 11.6 Å². The average molecular weight is 250 g/mol. The van der Waals surface area contributed by atoms with Crippen LogP contribution in [0.2, 0.25) is 0 Å². The van der Waals surface area contributed by atoms with Crippen LogP contribution in [-0.2, 0) is 18.4 Å². The van der Waals surface area contributed by atoms with Gasteiger partial charge in [0.15, 0.2) is 5.82 Å². The van der Waals surface area contributed by atoms with Crippen LogP contribution < -0.4 is 5.32 Å². The molecule has 18 heavy (non-hydrogen) atoms. The second-order valence-corrected chi connectivity index (χ2v) is 6.15. The second kappa shape index (κ2) is 4.37. The molecule has 1 aliphatic rings. The van der Waals surface area contributed by atoms with Crippen LogP contribution in [0.1, 0.15) is 51.7 Å². The summed E-state index contributed by atoms with van der Waals surface area (Å²) in [5.41, 5.74) is 0.174. The first-order chi connectivity index (χ1) is 8.33. The van der Waals surface area contributed by atoms with Crippen molar-refractivity contribution in [3.63, 3.8) is 0 Å². The summed E-state index contributed by atoms with van der Waals surface area (Å²) in [6, 6.07) is 0. The van der Waals surface area contributed by atoms with Crippen molar-refractivity contribution in [3.05, 3.63) is 11.6 Å². The van der Waals surface area contributed by atoms with Gasteiger partial charge in [-0.15, -0.1) is 10.2 Å².